The Morgan fingerprint density at radius 1 is 1.18 bits per heavy atom. The summed E-state index contributed by atoms with van der Waals surface area (Å²) >= 11 is 6.04. The number of alkyl halides is 3. The molecule has 0 saturated heterocycles. The van der Waals surface area contributed by atoms with Gasteiger partial charge in [-0.25, -0.2) is 18.1 Å². The van der Waals surface area contributed by atoms with Crippen LogP contribution in [0.1, 0.15) is 24.2 Å². The van der Waals surface area contributed by atoms with Gasteiger partial charge in [-0.15, -0.1) is 0 Å². The minimum absolute atomic E-state index is 0.298. The highest BCUT2D eigenvalue weighted by atomic mass is 35.5. The molecule has 3 rings (SSSR count). The maximum absolute atomic E-state index is 13.3. The zero-order chi connectivity index (χ0) is 24.6. The van der Waals surface area contributed by atoms with Crippen LogP contribution in [-0.4, -0.2) is 37.4 Å². The van der Waals surface area contributed by atoms with Crippen molar-refractivity contribution in [2.75, 3.05) is 14.2 Å². The predicted molar refractivity (Wildman–Crippen MR) is 115 cm³/mol. The zero-order valence-electron chi connectivity index (χ0n) is 17.9. The van der Waals surface area contributed by atoms with Gasteiger partial charge in [0.15, 0.2) is 5.69 Å². The molecular weight excluding hydrogens is 485 g/mol. The Morgan fingerprint density at radius 2 is 1.88 bits per heavy atom. The Hall–Kier alpha value is -2.83. The molecule has 1 N–H and O–H groups in total. The second-order valence-electron chi connectivity index (χ2n) is 7.02. The lowest BCUT2D eigenvalue weighted by molar-refractivity contribution is -0.143. The molecule has 33 heavy (non-hydrogen) atoms. The molecular formula is C20H20ClF3N4O4S. The molecule has 178 valence electrons. The van der Waals surface area contributed by atoms with Crippen molar-refractivity contribution >= 4 is 21.6 Å². The fraction of sp³-hybridized carbons (Fsp3) is 0.300. The van der Waals surface area contributed by atoms with Crippen molar-refractivity contribution in [3.8, 4) is 22.8 Å². The van der Waals surface area contributed by atoms with E-state index >= 15 is 0 Å². The van der Waals surface area contributed by atoms with Gasteiger partial charge in [0, 0.05) is 36.6 Å². The van der Waals surface area contributed by atoms with Crippen molar-refractivity contribution in [3.05, 3.63) is 52.9 Å². The number of rotatable bonds is 7. The Morgan fingerprint density at radius 3 is 2.48 bits per heavy atom. The third-order valence-corrected chi connectivity index (χ3v) is 6.46. The summed E-state index contributed by atoms with van der Waals surface area (Å²) in [6.07, 6.45) is -2.70. The Labute approximate surface area is 193 Å². The van der Waals surface area contributed by atoms with Crippen LogP contribution >= 0.6 is 11.6 Å². The normalized spacial score (nSPS) is 13.1. The number of nitrogens with zero attached hydrogens (tertiary/aromatic N) is 3. The smallest absolute Gasteiger partial charge is 0.436 e. The average molecular weight is 505 g/mol. The Bertz CT molecular complexity index is 1280. The largest absolute Gasteiger partial charge is 0.496 e. The van der Waals surface area contributed by atoms with Crippen molar-refractivity contribution in [1.29, 1.82) is 0 Å². The van der Waals surface area contributed by atoms with Crippen LogP contribution in [-0.2, 0) is 23.2 Å². The molecule has 0 amide bonds. The lowest BCUT2D eigenvalue weighted by Crippen LogP contribution is -2.28. The van der Waals surface area contributed by atoms with Crippen molar-refractivity contribution in [1.82, 2.24) is 19.5 Å². The maximum atomic E-state index is 13.3. The first-order valence-electron chi connectivity index (χ1n) is 9.38. The fourth-order valence-electron chi connectivity index (χ4n) is 3.25. The van der Waals surface area contributed by atoms with Gasteiger partial charge in [-0.05, 0) is 24.6 Å². The first-order chi connectivity index (χ1) is 15.4. The van der Waals surface area contributed by atoms with E-state index in [4.69, 9.17) is 21.1 Å². The number of hydrogen-bond acceptors (Lipinski definition) is 6. The molecule has 0 fully saturated rings. The molecule has 0 unspecified atom stereocenters. The van der Waals surface area contributed by atoms with Crippen LogP contribution in [0.5, 0.6) is 11.6 Å². The van der Waals surface area contributed by atoms with Crippen molar-refractivity contribution < 1.29 is 31.1 Å². The molecule has 8 nitrogen and oxygen atoms in total. The van der Waals surface area contributed by atoms with Crippen LogP contribution in [0.15, 0.2) is 41.6 Å². The highest BCUT2D eigenvalue weighted by Crippen LogP contribution is 2.37. The van der Waals surface area contributed by atoms with E-state index in [1.54, 1.807) is 24.3 Å². The van der Waals surface area contributed by atoms with Gasteiger partial charge in [-0.3, -0.25) is 4.68 Å². The molecule has 0 aliphatic carbocycles. The third kappa shape index (κ3) is 5.23. The minimum Gasteiger partial charge on any atom is -0.496 e. The van der Waals surface area contributed by atoms with Crippen LogP contribution in [0.2, 0.25) is 5.02 Å². The maximum Gasteiger partial charge on any atom is 0.436 e. The van der Waals surface area contributed by atoms with Gasteiger partial charge in [0.25, 0.3) is 0 Å². The summed E-state index contributed by atoms with van der Waals surface area (Å²) in [6.45, 7) is 1.49. The van der Waals surface area contributed by atoms with E-state index in [-0.39, 0.29) is 0 Å². The van der Waals surface area contributed by atoms with Gasteiger partial charge in [-0.2, -0.15) is 18.3 Å². The predicted octanol–water partition coefficient (Wildman–Crippen LogP) is 4.21. The number of nitrogens with one attached hydrogen (secondary N) is 1. The summed E-state index contributed by atoms with van der Waals surface area (Å²) < 4.78 is 79.0. The molecule has 0 aliphatic heterocycles. The van der Waals surface area contributed by atoms with Gasteiger partial charge in [-0.1, -0.05) is 23.7 Å². The van der Waals surface area contributed by atoms with Gasteiger partial charge < -0.3 is 9.47 Å². The fourth-order valence-corrected chi connectivity index (χ4v) is 4.83. The quantitative estimate of drug-likeness (QED) is 0.518. The molecule has 1 atom stereocenters. The molecule has 0 spiro atoms. The van der Waals surface area contributed by atoms with E-state index in [1.807, 2.05) is 0 Å². The van der Waals surface area contributed by atoms with Crippen LogP contribution in [0.25, 0.3) is 11.1 Å². The molecule has 0 radical (unpaired) electrons. The van der Waals surface area contributed by atoms with E-state index in [2.05, 4.69) is 14.8 Å². The topological polar surface area (TPSA) is 95.3 Å². The highest BCUT2D eigenvalue weighted by molar-refractivity contribution is 7.89. The summed E-state index contributed by atoms with van der Waals surface area (Å²) in [6, 6.07) is 5.61. The second kappa shape index (κ2) is 9.20. The molecule has 0 bridgehead atoms. The van der Waals surface area contributed by atoms with Crippen LogP contribution in [0.3, 0.4) is 0 Å². The van der Waals surface area contributed by atoms with Crippen molar-refractivity contribution in [2.45, 2.75) is 24.0 Å². The number of aryl methyl sites for hydroxylation is 1. The molecule has 0 saturated carbocycles. The number of ether oxygens (including phenoxy) is 2. The third-order valence-electron chi connectivity index (χ3n) is 4.71. The van der Waals surface area contributed by atoms with Crippen molar-refractivity contribution in [2.24, 2.45) is 7.05 Å². The Balaban J connectivity index is 1.97. The number of aromatic nitrogens is 3. The summed E-state index contributed by atoms with van der Waals surface area (Å²) in [4.78, 5) is 3.15. The summed E-state index contributed by atoms with van der Waals surface area (Å²) in [5, 5.41) is 3.63. The SMILES string of the molecule is COc1cc(-c2cc(Cl)cnc2OC)ccc1[C@@H](C)NS(=O)(=O)c1cn(C)nc1C(F)(F)F. The second-order valence-corrected chi connectivity index (χ2v) is 9.14. The van der Waals surface area contributed by atoms with Gasteiger partial charge in [0.2, 0.25) is 15.9 Å². The summed E-state index contributed by atoms with van der Waals surface area (Å²) in [5.41, 5.74) is 0.112. The molecule has 2 heterocycles. The minimum atomic E-state index is -4.93. The Kier molecular flexibility index (Phi) is 6.91. The first-order valence-corrected chi connectivity index (χ1v) is 11.2. The summed E-state index contributed by atoms with van der Waals surface area (Å²) in [5.74, 6) is 0.617. The van der Waals surface area contributed by atoms with E-state index in [0.29, 0.717) is 33.3 Å². The number of hydrogen-bond donors (Lipinski definition) is 1. The van der Waals surface area contributed by atoms with Crippen molar-refractivity contribution in [3.63, 3.8) is 0 Å². The molecule has 13 heteroatoms. The standard InChI is InChI=1S/C20H20ClF3N4O4S/c1-11(27-33(29,30)17-10-28(2)26-18(17)20(22,23)24)14-6-5-12(7-16(14)31-3)15-8-13(21)9-25-19(15)32-4/h5-11,27H,1-4H3/t11-/m1/s1. The number of halogens is 4. The molecule has 1 aromatic carbocycles. The van der Waals surface area contributed by atoms with Crippen LogP contribution < -0.4 is 14.2 Å². The van der Waals surface area contributed by atoms with Crippen LogP contribution in [0, 0.1) is 0 Å². The van der Waals surface area contributed by atoms with E-state index < -0.39 is 32.8 Å². The monoisotopic (exact) mass is 504 g/mol. The number of methoxy groups -OCH3 is 2. The molecule has 3 aromatic rings. The molecule has 0 aliphatic rings. The summed E-state index contributed by atoms with van der Waals surface area (Å²) in [7, 11) is -0.511. The van der Waals surface area contributed by atoms with Gasteiger partial charge in [0.05, 0.1) is 19.2 Å². The highest BCUT2D eigenvalue weighted by Gasteiger charge is 2.41. The number of benzene rings is 1. The van der Waals surface area contributed by atoms with E-state index in [9.17, 15) is 21.6 Å². The van der Waals surface area contributed by atoms with Gasteiger partial charge >= 0.3 is 6.18 Å². The number of sulfonamides is 1. The lowest BCUT2D eigenvalue weighted by atomic mass is 10.0. The van der Waals surface area contributed by atoms with E-state index in [1.165, 1.54) is 34.4 Å². The van der Waals surface area contributed by atoms with Crippen LogP contribution in [0.4, 0.5) is 13.2 Å². The van der Waals surface area contributed by atoms with Gasteiger partial charge in [0.1, 0.15) is 10.6 Å². The zero-order valence-corrected chi connectivity index (χ0v) is 19.5. The molecule has 2 aromatic heterocycles. The first kappa shape index (κ1) is 24.8. The number of pyridine rings is 1. The average Bonchev–Trinajstić information content (AvgIpc) is 3.16. The van der Waals surface area contributed by atoms with E-state index in [0.717, 1.165) is 10.9 Å². The lowest BCUT2D eigenvalue weighted by Gasteiger charge is -2.19.